The second-order valence-corrected chi connectivity index (χ2v) is 2.83. The Kier molecular flexibility index (Phi) is 2.69. The van der Waals surface area contributed by atoms with Gasteiger partial charge in [0, 0.05) is 6.07 Å². The Labute approximate surface area is 72.2 Å². The number of methoxy groups -OCH3 is 1. The van der Waals surface area contributed by atoms with Crippen LogP contribution in [0.25, 0.3) is 0 Å². The van der Waals surface area contributed by atoms with E-state index in [4.69, 9.17) is 4.74 Å². The van der Waals surface area contributed by atoms with E-state index in [2.05, 4.69) is 6.92 Å². The molecule has 1 aromatic rings. The van der Waals surface area contributed by atoms with Crippen LogP contribution in [0.4, 0.5) is 4.39 Å². The fraction of sp³-hybridized carbons (Fsp3) is 0.300. The number of ether oxygens (including phenoxy) is 1. The standard InChI is InChI=1S/C10H12FO/c1-7(2)8-4-9(11)6-10(5-8)12-3/h4-7H,1H2,2-3H3. The monoisotopic (exact) mass is 167 g/mol. The molecule has 0 spiro atoms. The summed E-state index contributed by atoms with van der Waals surface area (Å²) in [5, 5.41) is 0. The van der Waals surface area contributed by atoms with Gasteiger partial charge in [-0.05, 0) is 30.5 Å². The van der Waals surface area contributed by atoms with Crippen LogP contribution in [-0.4, -0.2) is 7.11 Å². The van der Waals surface area contributed by atoms with Crippen molar-refractivity contribution in [1.82, 2.24) is 0 Å². The van der Waals surface area contributed by atoms with Crippen molar-refractivity contribution in [3.05, 3.63) is 36.5 Å². The molecule has 0 aromatic heterocycles. The first-order chi connectivity index (χ1) is 5.63. The zero-order valence-electron chi connectivity index (χ0n) is 7.30. The van der Waals surface area contributed by atoms with Crippen LogP contribution in [0.5, 0.6) is 5.75 Å². The van der Waals surface area contributed by atoms with Gasteiger partial charge in [-0.15, -0.1) is 0 Å². The number of hydrogen-bond acceptors (Lipinski definition) is 1. The third-order valence-corrected chi connectivity index (χ3v) is 1.70. The molecule has 1 unspecified atom stereocenters. The Morgan fingerprint density at radius 3 is 2.58 bits per heavy atom. The van der Waals surface area contributed by atoms with E-state index in [1.807, 2.05) is 6.92 Å². The van der Waals surface area contributed by atoms with Gasteiger partial charge in [0.15, 0.2) is 0 Å². The van der Waals surface area contributed by atoms with Crippen molar-refractivity contribution in [2.24, 2.45) is 0 Å². The van der Waals surface area contributed by atoms with Gasteiger partial charge >= 0.3 is 0 Å². The molecule has 0 N–H and O–H groups in total. The predicted molar refractivity (Wildman–Crippen MR) is 46.7 cm³/mol. The molecule has 0 heterocycles. The van der Waals surface area contributed by atoms with Crippen LogP contribution in [-0.2, 0) is 0 Å². The lowest BCUT2D eigenvalue weighted by Crippen LogP contribution is -1.91. The lowest BCUT2D eigenvalue weighted by Gasteiger charge is -2.07. The molecule has 0 fully saturated rings. The minimum absolute atomic E-state index is 0.0783. The molecule has 0 amide bonds. The number of rotatable bonds is 2. The van der Waals surface area contributed by atoms with E-state index < -0.39 is 0 Å². The van der Waals surface area contributed by atoms with Crippen molar-refractivity contribution >= 4 is 0 Å². The minimum Gasteiger partial charge on any atom is -0.497 e. The van der Waals surface area contributed by atoms with Gasteiger partial charge in [-0.25, -0.2) is 4.39 Å². The van der Waals surface area contributed by atoms with Crippen molar-refractivity contribution in [3.63, 3.8) is 0 Å². The molecule has 0 saturated heterocycles. The highest BCUT2D eigenvalue weighted by Gasteiger charge is 2.03. The first kappa shape index (κ1) is 9.04. The van der Waals surface area contributed by atoms with Gasteiger partial charge in [0.2, 0.25) is 0 Å². The van der Waals surface area contributed by atoms with E-state index in [1.54, 1.807) is 6.07 Å². The molecule has 1 rings (SSSR count). The van der Waals surface area contributed by atoms with Gasteiger partial charge in [-0.3, -0.25) is 0 Å². The zero-order chi connectivity index (χ0) is 9.14. The molecule has 2 heteroatoms. The molecule has 1 aromatic carbocycles. The lowest BCUT2D eigenvalue weighted by molar-refractivity contribution is 0.410. The van der Waals surface area contributed by atoms with Crippen molar-refractivity contribution < 1.29 is 9.13 Å². The molecule has 0 aliphatic heterocycles. The number of benzene rings is 1. The molecule has 0 saturated carbocycles. The van der Waals surface area contributed by atoms with Gasteiger partial charge in [0.05, 0.1) is 7.11 Å². The molecule has 1 atom stereocenters. The van der Waals surface area contributed by atoms with Crippen molar-refractivity contribution in [2.45, 2.75) is 12.8 Å². The summed E-state index contributed by atoms with van der Waals surface area (Å²) in [6.07, 6.45) is 0. The highest BCUT2D eigenvalue weighted by atomic mass is 19.1. The molecule has 0 aliphatic rings. The smallest absolute Gasteiger partial charge is 0.127 e. The van der Waals surface area contributed by atoms with Crippen LogP contribution in [0.2, 0.25) is 0 Å². The quantitative estimate of drug-likeness (QED) is 0.658. The Bertz CT molecular complexity index is 269. The summed E-state index contributed by atoms with van der Waals surface area (Å²) in [6, 6.07) is 4.62. The van der Waals surface area contributed by atoms with E-state index >= 15 is 0 Å². The summed E-state index contributed by atoms with van der Waals surface area (Å²) in [5.41, 5.74) is 0.854. The molecule has 65 valence electrons. The van der Waals surface area contributed by atoms with Gasteiger partial charge in [0.25, 0.3) is 0 Å². The van der Waals surface area contributed by atoms with E-state index in [1.165, 1.54) is 19.2 Å². The number of halogens is 1. The van der Waals surface area contributed by atoms with E-state index in [-0.39, 0.29) is 11.7 Å². The Morgan fingerprint density at radius 2 is 2.08 bits per heavy atom. The highest BCUT2D eigenvalue weighted by Crippen LogP contribution is 2.21. The number of hydrogen-bond donors (Lipinski definition) is 0. The maximum absolute atomic E-state index is 12.9. The largest absolute Gasteiger partial charge is 0.497 e. The topological polar surface area (TPSA) is 9.23 Å². The molecule has 0 aliphatic carbocycles. The highest BCUT2D eigenvalue weighted by molar-refractivity contribution is 5.31. The molecular formula is C10H12FO. The summed E-state index contributed by atoms with van der Waals surface area (Å²) in [7, 11) is 1.52. The fourth-order valence-electron chi connectivity index (χ4n) is 0.987. The lowest BCUT2D eigenvalue weighted by atomic mass is 10.0. The maximum Gasteiger partial charge on any atom is 0.127 e. The van der Waals surface area contributed by atoms with Crippen molar-refractivity contribution in [2.75, 3.05) is 7.11 Å². The van der Waals surface area contributed by atoms with Crippen LogP contribution in [0.15, 0.2) is 18.2 Å². The van der Waals surface area contributed by atoms with Gasteiger partial charge < -0.3 is 4.74 Å². The SMILES string of the molecule is [CH2]C(C)c1cc(F)cc(OC)c1. The first-order valence-electron chi connectivity index (χ1n) is 3.81. The second kappa shape index (κ2) is 3.57. The van der Waals surface area contributed by atoms with E-state index in [0.717, 1.165) is 5.56 Å². The normalized spacial score (nSPS) is 10.4. The van der Waals surface area contributed by atoms with Gasteiger partial charge in [-0.1, -0.05) is 6.92 Å². The van der Waals surface area contributed by atoms with Crippen LogP contribution in [0, 0.1) is 12.7 Å². The second-order valence-electron chi connectivity index (χ2n) is 2.83. The van der Waals surface area contributed by atoms with Crippen LogP contribution < -0.4 is 4.74 Å². The van der Waals surface area contributed by atoms with Crippen LogP contribution in [0.1, 0.15) is 18.4 Å². The Morgan fingerprint density at radius 1 is 1.42 bits per heavy atom. The van der Waals surface area contributed by atoms with E-state index in [9.17, 15) is 4.39 Å². The van der Waals surface area contributed by atoms with Gasteiger partial charge in [-0.2, -0.15) is 0 Å². The van der Waals surface area contributed by atoms with Gasteiger partial charge in [0.1, 0.15) is 11.6 Å². The Balaban J connectivity index is 3.06. The van der Waals surface area contributed by atoms with E-state index in [0.29, 0.717) is 5.75 Å². The minimum atomic E-state index is -0.278. The third-order valence-electron chi connectivity index (χ3n) is 1.70. The summed E-state index contributed by atoms with van der Waals surface area (Å²) < 4.78 is 17.8. The maximum atomic E-state index is 12.9. The van der Waals surface area contributed by atoms with Crippen LogP contribution >= 0.6 is 0 Å². The fourth-order valence-corrected chi connectivity index (χ4v) is 0.987. The van der Waals surface area contributed by atoms with Crippen molar-refractivity contribution in [3.8, 4) is 5.75 Å². The third kappa shape index (κ3) is 1.97. The average molecular weight is 167 g/mol. The summed E-state index contributed by atoms with van der Waals surface area (Å²) >= 11 is 0. The molecule has 1 nitrogen and oxygen atoms in total. The van der Waals surface area contributed by atoms with Crippen LogP contribution in [0.3, 0.4) is 0 Å². The Hall–Kier alpha value is -1.05. The molecule has 0 bridgehead atoms. The first-order valence-corrected chi connectivity index (χ1v) is 3.81. The zero-order valence-corrected chi connectivity index (χ0v) is 7.30. The van der Waals surface area contributed by atoms with Crippen molar-refractivity contribution in [1.29, 1.82) is 0 Å². The molecule has 12 heavy (non-hydrogen) atoms. The summed E-state index contributed by atoms with van der Waals surface area (Å²) in [4.78, 5) is 0. The predicted octanol–water partition coefficient (Wildman–Crippen LogP) is 2.77. The molecular weight excluding hydrogens is 155 g/mol. The average Bonchev–Trinajstić information content (AvgIpc) is 2.03. The summed E-state index contributed by atoms with van der Waals surface area (Å²) in [5.74, 6) is 0.343. The molecule has 1 radical (unpaired) electrons. The summed E-state index contributed by atoms with van der Waals surface area (Å²) in [6.45, 7) is 5.71.